The van der Waals surface area contributed by atoms with Gasteiger partial charge in [0.05, 0.1) is 0 Å². The molecule has 1 aliphatic rings. The smallest absolute Gasteiger partial charge is 0.229 e. The first-order valence-electron chi connectivity index (χ1n) is 8.25. The minimum Gasteiger partial charge on any atom is -0.399 e. The van der Waals surface area contributed by atoms with Gasteiger partial charge in [-0.3, -0.25) is 4.79 Å². The van der Waals surface area contributed by atoms with Gasteiger partial charge in [-0.2, -0.15) is 0 Å². The summed E-state index contributed by atoms with van der Waals surface area (Å²) >= 11 is 0. The molecule has 2 N–H and O–H groups in total. The van der Waals surface area contributed by atoms with Crippen molar-refractivity contribution < 1.29 is 4.79 Å². The first-order valence-corrected chi connectivity index (χ1v) is 8.25. The van der Waals surface area contributed by atoms with E-state index in [9.17, 15) is 4.79 Å². The highest BCUT2D eigenvalue weighted by Crippen LogP contribution is 2.42. The van der Waals surface area contributed by atoms with E-state index in [1.807, 2.05) is 24.3 Å². The highest BCUT2D eigenvalue weighted by molar-refractivity contribution is 5.83. The van der Waals surface area contributed by atoms with Crippen LogP contribution in [0.4, 0.5) is 5.69 Å². The Labute approximate surface area is 128 Å². The van der Waals surface area contributed by atoms with E-state index in [4.69, 9.17) is 5.73 Å². The number of nitrogens with zero attached hydrogens (tertiary/aromatic N) is 1. The first-order chi connectivity index (χ1) is 10.1. The van der Waals surface area contributed by atoms with E-state index in [1.54, 1.807) is 0 Å². The lowest BCUT2D eigenvalue weighted by Gasteiger charge is -2.34. The van der Waals surface area contributed by atoms with Crippen molar-refractivity contribution in [3.05, 3.63) is 29.8 Å². The zero-order valence-electron chi connectivity index (χ0n) is 13.4. The number of carbonyl (C=O) groups is 1. The maximum absolute atomic E-state index is 13.1. The average Bonchev–Trinajstić information content (AvgIpc) is 2.98. The van der Waals surface area contributed by atoms with Crippen LogP contribution in [-0.2, 0) is 11.3 Å². The fourth-order valence-electron chi connectivity index (χ4n) is 3.47. The molecule has 0 aromatic heterocycles. The monoisotopic (exact) mass is 288 g/mol. The van der Waals surface area contributed by atoms with E-state index >= 15 is 0 Å². The molecule has 1 aromatic carbocycles. The maximum Gasteiger partial charge on any atom is 0.229 e. The van der Waals surface area contributed by atoms with Gasteiger partial charge in [0, 0.05) is 24.2 Å². The van der Waals surface area contributed by atoms with E-state index in [1.165, 1.54) is 12.8 Å². The molecular formula is C18H28N2O. The number of rotatable bonds is 6. The van der Waals surface area contributed by atoms with Crippen molar-refractivity contribution in [1.82, 2.24) is 4.90 Å². The molecule has 0 heterocycles. The fourth-order valence-corrected chi connectivity index (χ4v) is 3.47. The Morgan fingerprint density at radius 2 is 1.81 bits per heavy atom. The molecule has 116 valence electrons. The van der Waals surface area contributed by atoms with Crippen molar-refractivity contribution in [2.45, 2.75) is 58.9 Å². The molecule has 0 bridgehead atoms. The van der Waals surface area contributed by atoms with Crippen LogP contribution in [0, 0.1) is 5.41 Å². The fraction of sp³-hybridized carbons (Fsp3) is 0.611. The van der Waals surface area contributed by atoms with E-state index in [-0.39, 0.29) is 5.41 Å². The topological polar surface area (TPSA) is 46.3 Å². The molecule has 21 heavy (non-hydrogen) atoms. The number of amides is 1. The predicted molar refractivity (Wildman–Crippen MR) is 87.8 cm³/mol. The molecular weight excluding hydrogens is 260 g/mol. The molecule has 3 nitrogen and oxygen atoms in total. The van der Waals surface area contributed by atoms with Crippen LogP contribution in [0.3, 0.4) is 0 Å². The summed E-state index contributed by atoms with van der Waals surface area (Å²) in [7, 11) is 0. The summed E-state index contributed by atoms with van der Waals surface area (Å²) in [6, 6.07) is 7.88. The summed E-state index contributed by atoms with van der Waals surface area (Å²) in [4.78, 5) is 15.1. The van der Waals surface area contributed by atoms with Crippen LogP contribution in [0.15, 0.2) is 24.3 Å². The zero-order valence-corrected chi connectivity index (χ0v) is 13.4. The molecule has 1 aliphatic carbocycles. The second-order valence-corrected chi connectivity index (χ2v) is 6.31. The molecule has 1 saturated carbocycles. The highest BCUT2D eigenvalue weighted by Gasteiger charge is 2.41. The number of benzene rings is 1. The van der Waals surface area contributed by atoms with Crippen molar-refractivity contribution in [2.75, 3.05) is 12.3 Å². The summed E-state index contributed by atoms with van der Waals surface area (Å²) in [5.74, 6) is 0.362. The standard InChI is InChI=1S/C18H28N2O/c1-3-13-20(14-15-7-9-16(19)10-8-15)17(21)18(4-2)11-5-6-12-18/h7-10H,3-6,11-14,19H2,1-2H3. The molecule has 1 amide bonds. The summed E-state index contributed by atoms with van der Waals surface area (Å²) in [5.41, 5.74) is 7.58. The van der Waals surface area contributed by atoms with Crippen LogP contribution < -0.4 is 5.73 Å². The first kappa shape index (κ1) is 15.9. The lowest BCUT2D eigenvalue weighted by molar-refractivity contribution is -0.143. The van der Waals surface area contributed by atoms with Crippen molar-refractivity contribution >= 4 is 11.6 Å². The molecule has 0 spiro atoms. The van der Waals surface area contributed by atoms with Gasteiger partial charge in [0.1, 0.15) is 0 Å². The summed E-state index contributed by atoms with van der Waals surface area (Å²) < 4.78 is 0. The van der Waals surface area contributed by atoms with Gasteiger partial charge in [-0.25, -0.2) is 0 Å². The Balaban J connectivity index is 2.13. The Hall–Kier alpha value is -1.51. The molecule has 1 aromatic rings. The van der Waals surface area contributed by atoms with E-state index < -0.39 is 0 Å². The molecule has 0 unspecified atom stereocenters. The number of carbonyl (C=O) groups excluding carboxylic acids is 1. The molecule has 0 aliphatic heterocycles. The third-order valence-corrected chi connectivity index (χ3v) is 4.83. The zero-order chi connectivity index (χ0) is 15.3. The predicted octanol–water partition coefficient (Wildman–Crippen LogP) is 3.98. The van der Waals surface area contributed by atoms with Crippen molar-refractivity contribution in [3.8, 4) is 0 Å². The van der Waals surface area contributed by atoms with Crippen LogP contribution in [-0.4, -0.2) is 17.4 Å². The average molecular weight is 288 g/mol. The lowest BCUT2D eigenvalue weighted by atomic mass is 9.81. The molecule has 2 rings (SSSR count). The van der Waals surface area contributed by atoms with E-state index in [2.05, 4.69) is 18.7 Å². The van der Waals surface area contributed by atoms with Gasteiger partial charge in [0.25, 0.3) is 0 Å². The van der Waals surface area contributed by atoms with Gasteiger partial charge in [-0.15, -0.1) is 0 Å². The van der Waals surface area contributed by atoms with Crippen LogP contribution >= 0.6 is 0 Å². The number of hydrogen-bond acceptors (Lipinski definition) is 2. The molecule has 0 atom stereocenters. The SMILES string of the molecule is CCCN(Cc1ccc(N)cc1)C(=O)C1(CC)CCCC1. The Kier molecular flexibility index (Phi) is 5.27. The molecule has 0 radical (unpaired) electrons. The van der Waals surface area contributed by atoms with Gasteiger partial charge in [0.2, 0.25) is 5.91 Å². The third kappa shape index (κ3) is 3.58. The number of hydrogen-bond donors (Lipinski definition) is 1. The normalized spacial score (nSPS) is 16.9. The summed E-state index contributed by atoms with van der Waals surface area (Å²) in [6.07, 6.45) is 6.48. The Bertz CT molecular complexity index is 461. The number of nitrogen functional groups attached to an aromatic ring is 1. The van der Waals surface area contributed by atoms with Crippen molar-refractivity contribution in [1.29, 1.82) is 0 Å². The molecule has 0 saturated heterocycles. The molecule has 3 heteroatoms. The second-order valence-electron chi connectivity index (χ2n) is 6.31. The summed E-state index contributed by atoms with van der Waals surface area (Å²) in [5, 5.41) is 0. The molecule has 1 fully saturated rings. The number of anilines is 1. The lowest BCUT2D eigenvalue weighted by Crippen LogP contribution is -2.42. The van der Waals surface area contributed by atoms with Crippen LogP contribution in [0.25, 0.3) is 0 Å². The van der Waals surface area contributed by atoms with Crippen molar-refractivity contribution in [3.63, 3.8) is 0 Å². The summed E-state index contributed by atoms with van der Waals surface area (Å²) in [6.45, 7) is 5.84. The maximum atomic E-state index is 13.1. The quantitative estimate of drug-likeness (QED) is 0.805. The van der Waals surface area contributed by atoms with Gasteiger partial charge < -0.3 is 10.6 Å². The van der Waals surface area contributed by atoms with Gasteiger partial charge in [-0.1, -0.05) is 38.8 Å². The second kappa shape index (κ2) is 6.97. The van der Waals surface area contributed by atoms with Crippen molar-refractivity contribution in [2.24, 2.45) is 5.41 Å². The van der Waals surface area contributed by atoms with Gasteiger partial charge >= 0.3 is 0 Å². The van der Waals surface area contributed by atoms with Gasteiger partial charge in [-0.05, 0) is 43.4 Å². The third-order valence-electron chi connectivity index (χ3n) is 4.83. The Morgan fingerprint density at radius 3 is 2.33 bits per heavy atom. The minimum atomic E-state index is -0.0943. The highest BCUT2D eigenvalue weighted by atomic mass is 16.2. The minimum absolute atomic E-state index is 0.0943. The van der Waals surface area contributed by atoms with Crippen LogP contribution in [0.5, 0.6) is 0 Å². The number of nitrogens with two attached hydrogens (primary N) is 1. The Morgan fingerprint density at radius 1 is 1.19 bits per heavy atom. The van der Waals surface area contributed by atoms with E-state index in [0.29, 0.717) is 12.5 Å². The largest absolute Gasteiger partial charge is 0.399 e. The van der Waals surface area contributed by atoms with Gasteiger partial charge in [0.15, 0.2) is 0 Å². The van der Waals surface area contributed by atoms with Crippen LogP contribution in [0.2, 0.25) is 0 Å². The van der Waals surface area contributed by atoms with Crippen LogP contribution in [0.1, 0.15) is 57.9 Å². The van der Waals surface area contributed by atoms with E-state index in [0.717, 1.165) is 43.5 Å².